The van der Waals surface area contributed by atoms with Crippen molar-refractivity contribution in [3.63, 3.8) is 0 Å². The van der Waals surface area contributed by atoms with Crippen LogP contribution in [0.1, 0.15) is 57.1 Å². The third kappa shape index (κ3) is 3.18. The summed E-state index contributed by atoms with van der Waals surface area (Å²) in [6.45, 7) is 6.70. The van der Waals surface area contributed by atoms with Gasteiger partial charge in [-0.15, -0.1) is 0 Å². The highest BCUT2D eigenvalue weighted by Crippen LogP contribution is 2.79. The molecule has 0 amide bonds. The van der Waals surface area contributed by atoms with E-state index in [0.717, 1.165) is 37.3 Å². The lowest BCUT2D eigenvalue weighted by atomic mass is 9.70. The van der Waals surface area contributed by atoms with E-state index in [4.69, 9.17) is 18.0 Å². The number of hydrogen-bond acceptors (Lipinski definition) is 2. The van der Waals surface area contributed by atoms with E-state index < -0.39 is 0 Å². The van der Waals surface area contributed by atoms with Crippen molar-refractivity contribution in [3.8, 4) is 0 Å². The third-order valence-corrected chi connectivity index (χ3v) is 10.9. The van der Waals surface area contributed by atoms with Gasteiger partial charge in [0, 0.05) is 24.5 Å². The maximum atomic E-state index is 6.48. The minimum absolute atomic E-state index is 0.127. The van der Waals surface area contributed by atoms with E-state index in [2.05, 4.69) is 79.4 Å². The van der Waals surface area contributed by atoms with Crippen LogP contribution < -0.4 is 5.73 Å². The van der Waals surface area contributed by atoms with Crippen LogP contribution in [0.3, 0.4) is 0 Å². The van der Waals surface area contributed by atoms with Crippen molar-refractivity contribution >= 4 is 17.2 Å². The fraction of sp³-hybridized carbons (Fsp3) is 0.567. The highest BCUT2D eigenvalue weighted by Gasteiger charge is 2.76. The van der Waals surface area contributed by atoms with Crippen molar-refractivity contribution in [1.82, 2.24) is 4.90 Å². The van der Waals surface area contributed by atoms with Gasteiger partial charge in [-0.1, -0.05) is 86.7 Å². The van der Waals surface area contributed by atoms with Gasteiger partial charge in [-0.2, -0.15) is 0 Å². The van der Waals surface area contributed by atoms with Crippen LogP contribution in [0.15, 0.2) is 60.7 Å². The summed E-state index contributed by atoms with van der Waals surface area (Å²) in [5, 5.41) is 0. The van der Waals surface area contributed by atoms with Crippen LogP contribution in [0.25, 0.3) is 0 Å². The molecule has 0 radical (unpaired) electrons. The number of benzene rings is 2. The Labute approximate surface area is 204 Å². The fourth-order valence-corrected chi connectivity index (χ4v) is 9.08. The van der Waals surface area contributed by atoms with Crippen LogP contribution in [0.4, 0.5) is 0 Å². The second-order valence-corrected chi connectivity index (χ2v) is 12.7. The van der Waals surface area contributed by atoms with Crippen molar-refractivity contribution in [1.29, 1.82) is 0 Å². The molecule has 0 aromatic heterocycles. The molecular formula is C30H38N2S. The molecular weight excluding hydrogens is 420 g/mol. The molecule has 174 valence electrons. The first-order chi connectivity index (χ1) is 15.9. The van der Waals surface area contributed by atoms with Crippen molar-refractivity contribution in [3.05, 3.63) is 71.8 Å². The molecule has 2 aromatic rings. The molecule has 7 rings (SSSR count). The molecule has 1 heterocycles. The first kappa shape index (κ1) is 21.8. The van der Waals surface area contributed by atoms with Crippen LogP contribution >= 0.6 is 12.2 Å². The summed E-state index contributed by atoms with van der Waals surface area (Å²) in [6.07, 6.45) is 7.44. The molecule has 0 spiro atoms. The Kier molecular flexibility index (Phi) is 5.05. The van der Waals surface area contributed by atoms with Gasteiger partial charge in [0.1, 0.15) is 0 Å². The molecule has 5 unspecified atom stereocenters. The van der Waals surface area contributed by atoms with Crippen LogP contribution in [0, 0.1) is 28.6 Å². The smallest absolute Gasteiger partial charge is 0.0845 e. The van der Waals surface area contributed by atoms with Gasteiger partial charge in [0.2, 0.25) is 0 Å². The Morgan fingerprint density at radius 1 is 1.00 bits per heavy atom. The van der Waals surface area contributed by atoms with Gasteiger partial charge in [0.25, 0.3) is 0 Å². The summed E-state index contributed by atoms with van der Waals surface area (Å²) in [5.41, 5.74) is 10.2. The number of hydrogen-bond donors (Lipinski definition) is 1. The van der Waals surface area contributed by atoms with Crippen LogP contribution in [0.2, 0.25) is 0 Å². The summed E-state index contributed by atoms with van der Waals surface area (Å²) >= 11 is 6.43. The van der Waals surface area contributed by atoms with Gasteiger partial charge in [-0.25, -0.2) is 0 Å². The van der Waals surface area contributed by atoms with Crippen molar-refractivity contribution < 1.29 is 0 Å². The molecule has 4 bridgehead atoms. The lowest BCUT2D eigenvalue weighted by molar-refractivity contribution is 0.135. The van der Waals surface area contributed by atoms with Gasteiger partial charge < -0.3 is 10.6 Å². The first-order valence-electron chi connectivity index (χ1n) is 13.0. The van der Waals surface area contributed by atoms with Crippen molar-refractivity contribution in [2.24, 2.45) is 34.3 Å². The minimum atomic E-state index is 0.127. The highest BCUT2D eigenvalue weighted by atomic mass is 32.1. The SMILES string of the molecule is CC1(C)CN(C(=S)C23CC4C(CCc5ccccc5)C2CC4(c2ccccc2)C3)CC[C@@H]1N. The summed E-state index contributed by atoms with van der Waals surface area (Å²) in [7, 11) is 0. The van der Waals surface area contributed by atoms with E-state index in [1.54, 1.807) is 5.56 Å². The number of aryl methyl sites for hydroxylation is 1. The molecule has 6 atom stereocenters. The minimum Gasteiger partial charge on any atom is -0.365 e. The number of thiocarbonyl (C=S) groups is 1. The fourth-order valence-electron chi connectivity index (χ4n) is 8.62. The normalized spacial score (nSPS) is 38.2. The molecule has 2 N–H and O–H groups in total. The van der Waals surface area contributed by atoms with Gasteiger partial charge >= 0.3 is 0 Å². The van der Waals surface area contributed by atoms with Crippen molar-refractivity contribution in [2.75, 3.05) is 13.1 Å². The number of rotatable bonds is 5. The summed E-state index contributed by atoms with van der Waals surface area (Å²) in [4.78, 5) is 3.87. The topological polar surface area (TPSA) is 29.3 Å². The molecule has 5 aliphatic rings. The van der Waals surface area contributed by atoms with E-state index in [9.17, 15) is 0 Å². The standard InChI is InChI=1S/C30H38N2S/c1-28(2)20-32(16-15-26(28)31)27(33)30-18-24-23(14-13-21-9-5-3-6-10-21)25(30)17-29(24,19-30)22-11-7-4-8-12-22/h3-12,23-26H,13-20,31H2,1-2H3/t23?,24?,25?,26-,29?,30?/m0/s1. The molecule has 4 aliphatic carbocycles. The zero-order chi connectivity index (χ0) is 22.8. The molecule has 5 fully saturated rings. The van der Waals surface area contributed by atoms with Gasteiger partial charge in [-0.05, 0) is 78.2 Å². The largest absolute Gasteiger partial charge is 0.365 e. The van der Waals surface area contributed by atoms with E-state index in [0.29, 0.717) is 5.41 Å². The highest BCUT2D eigenvalue weighted by molar-refractivity contribution is 7.80. The Morgan fingerprint density at radius 3 is 2.39 bits per heavy atom. The second kappa shape index (κ2) is 7.65. The molecule has 2 nitrogen and oxygen atoms in total. The predicted octanol–water partition coefficient (Wildman–Crippen LogP) is 5.99. The third-order valence-electron chi connectivity index (χ3n) is 10.2. The number of piperidine rings is 1. The number of nitrogens with two attached hydrogens (primary N) is 1. The second-order valence-electron chi connectivity index (χ2n) is 12.3. The maximum Gasteiger partial charge on any atom is 0.0845 e. The summed E-state index contributed by atoms with van der Waals surface area (Å²) < 4.78 is 0. The zero-order valence-electron chi connectivity index (χ0n) is 20.2. The Balaban J connectivity index is 1.31. The zero-order valence-corrected chi connectivity index (χ0v) is 21.0. The first-order valence-corrected chi connectivity index (χ1v) is 13.4. The number of likely N-dealkylation sites (tertiary alicyclic amines) is 1. The van der Waals surface area contributed by atoms with Gasteiger partial charge in [0.15, 0.2) is 0 Å². The average molecular weight is 459 g/mol. The monoisotopic (exact) mass is 458 g/mol. The van der Waals surface area contributed by atoms with Gasteiger partial charge in [0.05, 0.1) is 4.99 Å². The lowest BCUT2D eigenvalue weighted by Gasteiger charge is -2.47. The molecule has 3 heteroatoms. The molecule has 4 saturated carbocycles. The maximum absolute atomic E-state index is 6.48. The average Bonchev–Trinajstić information content (AvgIpc) is 3.53. The molecule has 33 heavy (non-hydrogen) atoms. The van der Waals surface area contributed by atoms with E-state index >= 15 is 0 Å². The quantitative estimate of drug-likeness (QED) is 0.558. The molecule has 1 aliphatic heterocycles. The molecule has 1 saturated heterocycles. The van der Waals surface area contributed by atoms with Gasteiger partial charge in [-0.3, -0.25) is 0 Å². The Bertz CT molecular complexity index is 1030. The van der Waals surface area contributed by atoms with Crippen molar-refractivity contribution in [2.45, 2.75) is 63.8 Å². The number of nitrogens with zero attached hydrogens (tertiary/aromatic N) is 1. The Hall–Kier alpha value is -1.71. The lowest BCUT2D eigenvalue weighted by Crippen LogP contribution is -2.56. The predicted molar refractivity (Wildman–Crippen MR) is 140 cm³/mol. The van der Waals surface area contributed by atoms with Crippen LogP contribution in [-0.2, 0) is 11.8 Å². The van der Waals surface area contributed by atoms with E-state index in [1.165, 1.54) is 42.7 Å². The molecule has 2 aromatic carbocycles. The van der Waals surface area contributed by atoms with Crippen LogP contribution in [0.5, 0.6) is 0 Å². The Morgan fingerprint density at radius 2 is 1.70 bits per heavy atom. The van der Waals surface area contributed by atoms with E-state index in [-0.39, 0.29) is 16.9 Å². The van der Waals surface area contributed by atoms with Crippen LogP contribution in [-0.4, -0.2) is 29.0 Å². The van der Waals surface area contributed by atoms with E-state index in [1.807, 2.05) is 0 Å². The summed E-state index contributed by atoms with van der Waals surface area (Å²) in [6, 6.07) is 22.8. The summed E-state index contributed by atoms with van der Waals surface area (Å²) in [5.74, 6) is 2.29.